The maximum atomic E-state index is 3.66. The van der Waals surface area contributed by atoms with Crippen LogP contribution in [-0.2, 0) is 6.42 Å². The number of nitrogens with one attached hydrogen (secondary N) is 1. The minimum Gasteiger partial charge on any atom is -0.313 e. The highest BCUT2D eigenvalue weighted by molar-refractivity contribution is 14.1. The maximum absolute atomic E-state index is 3.66. The Balaban J connectivity index is 1.98. The normalized spacial score (nSPS) is 21.6. The zero-order chi connectivity index (χ0) is 12.1. The number of benzene rings is 1. The molecular weight excluding hydrogens is 341 g/mol. The summed E-state index contributed by atoms with van der Waals surface area (Å²) in [6.07, 6.45) is 3.94. The van der Waals surface area contributed by atoms with Gasteiger partial charge in [-0.25, -0.2) is 0 Å². The minimum atomic E-state index is 0.646. The molecule has 2 unspecified atom stereocenters. The summed E-state index contributed by atoms with van der Waals surface area (Å²) in [5.41, 5.74) is 1.46. The predicted octanol–water partition coefficient (Wildman–Crippen LogP) is 3.71. The molecule has 2 rings (SSSR count). The van der Waals surface area contributed by atoms with Crippen molar-refractivity contribution in [1.29, 1.82) is 0 Å². The Morgan fingerprint density at radius 2 is 2.18 bits per heavy atom. The van der Waals surface area contributed by atoms with Crippen LogP contribution in [0.1, 0.15) is 25.3 Å². The molecular formula is C14H20INS. The highest BCUT2D eigenvalue weighted by Crippen LogP contribution is 2.30. The van der Waals surface area contributed by atoms with Crippen molar-refractivity contribution in [3.63, 3.8) is 0 Å². The van der Waals surface area contributed by atoms with E-state index in [9.17, 15) is 0 Å². The van der Waals surface area contributed by atoms with Gasteiger partial charge in [-0.05, 0) is 71.8 Å². The van der Waals surface area contributed by atoms with E-state index in [1.165, 1.54) is 34.1 Å². The second kappa shape index (κ2) is 7.00. The Labute approximate surface area is 122 Å². The fourth-order valence-corrected chi connectivity index (χ4v) is 4.15. The Morgan fingerprint density at radius 3 is 2.76 bits per heavy atom. The quantitative estimate of drug-likeness (QED) is 0.803. The van der Waals surface area contributed by atoms with Gasteiger partial charge in [-0.1, -0.05) is 19.1 Å². The maximum Gasteiger partial charge on any atom is 0.0226 e. The van der Waals surface area contributed by atoms with Crippen LogP contribution >= 0.6 is 34.4 Å². The highest BCUT2D eigenvalue weighted by atomic mass is 127. The number of likely N-dealkylation sites (N-methyl/N-ethyl adjacent to an activating group) is 1. The molecule has 0 bridgehead atoms. The molecule has 1 aliphatic heterocycles. The van der Waals surface area contributed by atoms with Gasteiger partial charge in [0, 0.05) is 14.9 Å². The van der Waals surface area contributed by atoms with Crippen molar-refractivity contribution in [2.75, 3.05) is 12.3 Å². The van der Waals surface area contributed by atoms with E-state index < -0.39 is 0 Å². The van der Waals surface area contributed by atoms with Gasteiger partial charge < -0.3 is 5.32 Å². The lowest BCUT2D eigenvalue weighted by molar-refractivity contribution is 0.495. The predicted molar refractivity (Wildman–Crippen MR) is 85.8 cm³/mol. The fraction of sp³-hybridized carbons (Fsp3) is 0.571. The van der Waals surface area contributed by atoms with Gasteiger partial charge in [0.25, 0.3) is 0 Å². The molecule has 0 saturated carbocycles. The first-order valence-corrected chi connectivity index (χ1v) is 8.51. The molecule has 3 heteroatoms. The molecule has 0 aliphatic carbocycles. The molecule has 1 saturated heterocycles. The third-order valence-corrected chi connectivity index (χ3v) is 5.48. The summed E-state index contributed by atoms with van der Waals surface area (Å²) in [7, 11) is 0. The average molecular weight is 361 g/mol. The van der Waals surface area contributed by atoms with E-state index in [1.54, 1.807) is 0 Å². The lowest BCUT2D eigenvalue weighted by atomic mass is 10.0. The monoisotopic (exact) mass is 361 g/mol. The molecule has 0 amide bonds. The molecule has 94 valence electrons. The molecule has 1 aliphatic rings. The van der Waals surface area contributed by atoms with Gasteiger partial charge in [0.05, 0.1) is 0 Å². The second-order valence-corrected chi connectivity index (χ2v) is 7.14. The van der Waals surface area contributed by atoms with Crippen molar-refractivity contribution < 1.29 is 0 Å². The first-order chi connectivity index (χ1) is 8.29. The van der Waals surface area contributed by atoms with Crippen LogP contribution in [0.15, 0.2) is 24.3 Å². The minimum absolute atomic E-state index is 0.646. The van der Waals surface area contributed by atoms with Crippen molar-refractivity contribution in [3.8, 4) is 0 Å². The molecule has 2 atom stereocenters. The first-order valence-electron chi connectivity index (χ1n) is 6.39. The van der Waals surface area contributed by atoms with Crippen LogP contribution < -0.4 is 5.32 Å². The van der Waals surface area contributed by atoms with Crippen molar-refractivity contribution in [2.45, 2.75) is 37.5 Å². The van der Waals surface area contributed by atoms with Crippen molar-refractivity contribution in [1.82, 2.24) is 5.32 Å². The highest BCUT2D eigenvalue weighted by Gasteiger charge is 2.24. The van der Waals surface area contributed by atoms with Gasteiger partial charge in [-0.2, -0.15) is 11.8 Å². The van der Waals surface area contributed by atoms with Crippen molar-refractivity contribution >= 4 is 34.4 Å². The average Bonchev–Trinajstić information content (AvgIpc) is 2.85. The summed E-state index contributed by atoms with van der Waals surface area (Å²) >= 11 is 4.51. The van der Waals surface area contributed by atoms with Crippen molar-refractivity contribution in [2.24, 2.45) is 0 Å². The zero-order valence-corrected chi connectivity index (χ0v) is 13.3. The number of hydrogen-bond acceptors (Lipinski definition) is 2. The molecule has 1 aromatic carbocycles. The third-order valence-electron chi connectivity index (χ3n) is 3.25. The standard InChI is InChI=1S/C14H20INS/c1-2-16-13(14-4-3-9-17-14)10-11-5-7-12(15)8-6-11/h5-8,13-14,16H,2-4,9-10H2,1H3. The summed E-state index contributed by atoms with van der Waals surface area (Å²) < 4.78 is 1.32. The summed E-state index contributed by atoms with van der Waals surface area (Å²) in [5, 5.41) is 4.48. The first kappa shape index (κ1) is 13.7. The molecule has 1 heterocycles. The molecule has 0 aromatic heterocycles. The van der Waals surface area contributed by atoms with Crippen LogP contribution in [0.2, 0.25) is 0 Å². The van der Waals surface area contributed by atoms with E-state index in [2.05, 4.69) is 70.9 Å². The Morgan fingerprint density at radius 1 is 1.41 bits per heavy atom. The van der Waals surface area contributed by atoms with Gasteiger partial charge in [0.2, 0.25) is 0 Å². The number of rotatable bonds is 5. The summed E-state index contributed by atoms with van der Waals surface area (Å²) in [6, 6.07) is 9.60. The molecule has 1 aromatic rings. The molecule has 0 spiro atoms. The van der Waals surface area contributed by atoms with Gasteiger partial charge >= 0.3 is 0 Å². The van der Waals surface area contributed by atoms with E-state index in [0.29, 0.717) is 6.04 Å². The Bertz CT molecular complexity index is 333. The van der Waals surface area contributed by atoms with Crippen LogP contribution in [0.4, 0.5) is 0 Å². The SMILES string of the molecule is CCNC(Cc1ccc(I)cc1)C1CCCS1. The van der Waals surface area contributed by atoms with E-state index in [4.69, 9.17) is 0 Å². The summed E-state index contributed by atoms with van der Waals surface area (Å²) in [5.74, 6) is 1.35. The van der Waals surface area contributed by atoms with E-state index in [1.807, 2.05) is 0 Å². The van der Waals surface area contributed by atoms with Gasteiger partial charge in [0.15, 0.2) is 0 Å². The smallest absolute Gasteiger partial charge is 0.0226 e. The van der Waals surface area contributed by atoms with E-state index in [0.717, 1.165) is 11.8 Å². The summed E-state index contributed by atoms with van der Waals surface area (Å²) in [4.78, 5) is 0. The molecule has 17 heavy (non-hydrogen) atoms. The largest absolute Gasteiger partial charge is 0.313 e. The van der Waals surface area contributed by atoms with Gasteiger partial charge in [-0.3, -0.25) is 0 Å². The van der Waals surface area contributed by atoms with Crippen LogP contribution in [0.5, 0.6) is 0 Å². The van der Waals surface area contributed by atoms with Gasteiger partial charge in [-0.15, -0.1) is 0 Å². The van der Waals surface area contributed by atoms with Gasteiger partial charge in [0.1, 0.15) is 0 Å². The van der Waals surface area contributed by atoms with Crippen LogP contribution in [0, 0.1) is 3.57 Å². The van der Waals surface area contributed by atoms with Crippen LogP contribution in [-0.4, -0.2) is 23.6 Å². The summed E-state index contributed by atoms with van der Waals surface area (Å²) in [6.45, 7) is 3.28. The number of hydrogen-bond donors (Lipinski definition) is 1. The topological polar surface area (TPSA) is 12.0 Å². The van der Waals surface area contributed by atoms with Crippen LogP contribution in [0.3, 0.4) is 0 Å². The molecule has 1 fully saturated rings. The Kier molecular flexibility index (Phi) is 5.63. The molecule has 1 nitrogen and oxygen atoms in total. The van der Waals surface area contributed by atoms with E-state index >= 15 is 0 Å². The molecule has 1 N–H and O–H groups in total. The number of halogens is 1. The van der Waals surface area contributed by atoms with Crippen LogP contribution in [0.25, 0.3) is 0 Å². The lowest BCUT2D eigenvalue weighted by Crippen LogP contribution is -2.38. The lowest BCUT2D eigenvalue weighted by Gasteiger charge is -2.23. The van der Waals surface area contributed by atoms with E-state index in [-0.39, 0.29) is 0 Å². The Hall–Kier alpha value is 0.260. The third kappa shape index (κ3) is 4.14. The van der Waals surface area contributed by atoms with Crippen molar-refractivity contribution in [3.05, 3.63) is 33.4 Å². The number of thioether (sulfide) groups is 1. The second-order valence-electron chi connectivity index (χ2n) is 4.55. The molecule has 0 radical (unpaired) electrons. The zero-order valence-electron chi connectivity index (χ0n) is 10.3. The fourth-order valence-electron chi connectivity index (χ4n) is 2.39.